The predicted octanol–water partition coefficient (Wildman–Crippen LogP) is 4.24. The van der Waals surface area contributed by atoms with Gasteiger partial charge in [-0.25, -0.2) is 0 Å². The molecule has 156 valence electrons. The number of hydrogen-bond acceptors (Lipinski definition) is 4. The molecule has 2 aromatic carbocycles. The minimum Gasteiger partial charge on any atom is -0.326 e. The third-order valence-electron chi connectivity index (χ3n) is 6.25. The maximum atomic E-state index is 13.4. The Balaban J connectivity index is 1.53. The van der Waals surface area contributed by atoms with E-state index in [1.165, 1.54) is 6.07 Å². The number of nitrogens with one attached hydrogen (secondary N) is 1. The molecule has 4 rings (SSSR count). The fourth-order valence-electron chi connectivity index (χ4n) is 4.63. The SMILES string of the molecule is Cc1ccc(NC(=O)C2CCCCC2C(=O)N2CCc3ccccc32)cc1[N+](=O)[O-]. The van der Waals surface area contributed by atoms with Crippen molar-refractivity contribution in [2.45, 2.75) is 39.0 Å². The molecule has 2 aliphatic rings. The summed E-state index contributed by atoms with van der Waals surface area (Å²) in [7, 11) is 0. The third kappa shape index (κ3) is 3.79. The van der Waals surface area contributed by atoms with Crippen LogP contribution in [0.15, 0.2) is 42.5 Å². The summed E-state index contributed by atoms with van der Waals surface area (Å²) in [5, 5.41) is 14.0. The van der Waals surface area contributed by atoms with Gasteiger partial charge in [0.15, 0.2) is 0 Å². The molecule has 1 fully saturated rings. The number of aryl methyl sites for hydroxylation is 1. The lowest BCUT2D eigenvalue weighted by Gasteiger charge is -2.32. The van der Waals surface area contributed by atoms with Crippen molar-refractivity contribution >= 4 is 28.9 Å². The number of amides is 2. The number of carbonyl (C=O) groups is 2. The standard InChI is InChI=1S/C23H25N3O4/c1-15-10-11-17(14-21(15)26(29)30)24-22(27)18-7-3-4-8-19(18)23(28)25-13-12-16-6-2-5-9-20(16)25/h2,5-6,9-11,14,18-19H,3-4,7-8,12-13H2,1H3,(H,24,27). The molecule has 1 aliphatic carbocycles. The van der Waals surface area contributed by atoms with Crippen LogP contribution in [0.2, 0.25) is 0 Å². The minimum absolute atomic E-state index is 0.00897. The minimum atomic E-state index is -0.456. The molecule has 0 aromatic heterocycles. The van der Waals surface area contributed by atoms with Gasteiger partial charge in [-0.2, -0.15) is 0 Å². The van der Waals surface area contributed by atoms with Crippen LogP contribution < -0.4 is 10.2 Å². The van der Waals surface area contributed by atoms with Crippen molar-refractivity contribution in [2.24, 2.45) is 11.8 Å². The lowest BCUT2D eigenvalue weighted by atomic mass is 9.77. The van der Waals surface area contributed by atoms with Gasteiger partial charge in [-0.3, -0.25) is 19.7 Å². The van der Waals surface area contributed by atoms with E-state index in [0.717, 1.165) is 30.5 Å². The second-order valence-electron chi connectivity index (χ2n) is 8.11. The van der Waals surface area contributed by atoms with Crippen LogP contribution in [0.5, 0.6) is 0 Å². The van der Waals surface area contributed by atoms with E-state index in [-0.39, 0.29) is 23.4 Å². The first-order valence-corrected chi connectivity index (χ1v) is 10.4. The number of nitrogens with zero attached hydrogens (tertiary/aromatic N) is 2. The van der Waals surface area contributed by atoms with E-state index in [0.29, 0.717) is 30.6 Å². The lowest BCUT2D eigenvalue weighted by molar-refractivity contribution is -0.385. The topological polar surface area (TPSA) is 92.6 Å². The Bertz CT molecular complexity index is 1000. The average molecular weight is 407 g/mol. The van der Waals surface area contributed by atoms with Crippen molar-refractivity contribution in [1.29, 1.82) is 0 Å². The number of rotatable bonds is 4. The molecule has 0 radical (unpaired) electrons. The number of carbonyl (C=O) groups excluding carboxylic acids is 2. The maximum absolute atomic E-state index is 13.4. The van der Waals surface area contributed by atoms with Crippen LogP contribution in [0.4, 0.5) is 17.1 Å². The number of nitro groups is 1. The number of nitro benzene ring substituents is 1. The molecular formula is C23H25N3O4. The summed E-state index contributed by atoms with van der Waals surface area (Å²) in [4.78, 5) is 39.0. The predicted molar refractivity (Wildman–Crippen MR) is 114 cm³/mol. The van der Waals surface area contributed by atoms with Crippen molar-refractivity contribution in [3.05, 3.63) is 63.7 Å². The molecule has 1 saturated carbocycles. The highest BCUT2D eigenvalue weighted by Crippen LogP contribution is 2.36. The van der Waals surface area contributed by atoms with E-state index < -0.39 is 10.8 Å². The first-order chi connectivity index (χ1) is 14.5. The smallest absolute Gasteiger partial charge is 0.274 e. The molecule has 0 spiro atoms. The van der Waals surface area contributed by atoms with Crippen LogP contribution in [-0.4, -0.2) is 23.3 Å². The van der Waals surface area contributed by atoms with E-state index >= 15 is 0 Å². The van der Waals surface area contributed by atoms with Gasteiger partial charge in [0.2, 0.25) is 11.8 Å². The molecule has 7 heteroatoms. The number of para-hydroxylation sites is 1. The molecule has 2 atom stereocenters. The molecule has 30 heavy (non-hydrogen) atoms. The summed E-state index contributed by atoms with van der Waals surface area (Å²) in [6.45, 7) is 2.31. The zero-order valence-electron chi connectivity index (χ0n) is 17.0. The fraction of sp³-hybridized carbons (Fsp3) is 0.391. The molecule has 2 amide bonds. The first kappa shape index (κ1) is 20.1. The van der Waals surface area contributed by atoms with Crippen molar-refractivity contribution in [2.75, 3.05) is 16.8 Å². The average Bonchev–Trinajstić information content (AvgIpc) is 3.18. The van der Waals surface area contributed by atoms with Crippen molar-refractivity contribution in [1.82, 2.24) is 0 Å². The molecule has 1 heterocycles. The van der Waals surface area contributed by atoms with E-state index in [1.54, 1.807) is 19.1 Å². The highest BCUT2D eigenvalue weighted by atomic mass is 16.6. The van der Waals surface area contributed by atoms with Crippen LogP contribution >= 0.6 is 0 Å². The molecule has 7 nitrogen and oxygen atoms in total. The van der Waals surface area contributed by atoms with Crippen molar-refractivity contribution in [3.8, 4) is 0 Å². The Morgan fingerprint density at radius 2 is 1.83 bits per heavy atom. The summed E-state index contributed by atoms with van der Waals surface area (Å²) in [6.07, 6.45) is 3.98. The van der Waals surface area contributed by atoms with Crippen molar-refractivity contribution < 1.29 is 14.5 Å². The summed E-state index contributed by atoms with van der Waals surface area (Å²) in [6, 6.07) is 12.6. The lowest BCUT2D eigenvalue weighted by Crippen LogP contribution is -2.43. The zero-order valence-corrected chi connectivity index (χ0v) is 17.0. The van der Waals surface area contributed by atoms with Gasteiger partial charge in [-0.05, 0) is 43.9 Å². The Morgan fingerprint density at radius 3 is 2.60 bits per heavy atom. The monoisotopic (exact) mass is 407 g/mol. The van der Waals surface area contributed by atoms with E-state index in [9.17, 15) is 19.7 Å². The molecule has 0 bridgehead atoms. The van der Waals surface area contributed by atoms with E-state index in [2.05, 4.69) is 5.32 Å². The van der Waals surface area contributed by atoms with Crippen LogP contribution in [-0.2, 0) is 16.0 Å². The Labute approximate surface area is 175 Å². The molecule has 0 saturated heterocycles. The van der Waals surface area contributed by atoms with Crippen LogP contribution in [0.3, 0.4) is 0 Å². The highest BCUT2D eigenvalue weighted by Gasteiger charge is 2.39. The number of anilines is 2. The van der Waals surface area contributed by atoms with Gasteiger partial charge >= 0.3 is 0 Å². The Hall–Kier alpha value is -3.22. The van der Waals surface area contributed by atoms with Crippen LogP contribution in [0, 0.1) is 28.9 Å². The first-order valence-electron chi connectivity index (χ1n) is 10.4. The summed E-state index contributed by atoms with van der Waals surface area (Å²) < 4.78 is 0. The third-order valence-corrected chi connectivity index (χ3v) is 6.25. The quantitative estimate of drug-likeness (QED) is 0.606. The molecule has 1 aliphatic heterocycles. The second-order valence-corrected chi connectivity index (χ2v) is 8.11. The number of benzene rings is 2. The van der Waals surface area contributed by atoms with Crippen molar-refractivity contribution in [3.63, 3.8) is 0 Å². The summed E-state index contributed by atoms with van der Waals surface area (Å²) in [5.74, 6) is -1.03. The molecule has 2 aromatic rings. The van der Waals surface area contributed by atoms with E-state index in [4.69, 9.17) is 0 Å². The van der Waals surface area contributed by atoms with Gasteiger partial charge < -0.3 is 10.2 Å². The largest absolute Gasteiger partial charge is 0.326 e. The summed E-state index contributed by atoms with van der Waals surface area (Å²) in [5.41, 5.74) is 3.01. The fourth-order valence-corrected chi connectivity index (χ4v) is 4.63. The van der Waals surface area contributed by atoms with E-state index in [1.807, 2.05) is 29.2 Å². The highest BCUT2D eigenvalue weighted by molar-refractivity contribution is 6.02. The van der Waals surface area contributed by atoms with Gasteiger partial charge in [0, 0.05) is 35.5 Å². The van der Waals surface area contributed by atoms with Gasteiger partial charge in [0.05, 0.1) is 10.8 Å². The molecule has 2 unspecified atom stereocenters. The Kier molecular flexibility index (Phi) is 5.53. The molecular weight excluding hydrogens is 382 g/mol. The zero-order chi connectivity index (χ0) is 21.3. The normalized spacial score (nSPS) is 20.5. The molecule has 1 N–H and O–H groups in total. The number of fused-ring (bicyclic) bond motifs is 1. The van der Waals surface area contributed by atoms with Crippen LogP contribution in [0.25, 0.3) is 0 Å². The van der Waals surface area contributed by atoms with Gasteiger partial charge in [-0.15, -0.1) is 0 Å². The second kappa shape index (κ2) is 8.26. The van der Waals surface area contributed by atoms with Gasteiger partial charge in [0.25, 0.3) is 5.69 Å². The van der Waals surface area contributed by atoms with Crippen LogP contribution in [0.1, 0.15) is 36.8 Å². The number of hydrogen-bond donors (Lipinski definition) is 1. The Morgan fingerprint density at radius 1 is 1.10 bits per heavy atom. The van der Waals surface area contributed by atoms with Gasteiger partial charge in [0.1, 0.15) is 0 Å². The maximum Gasteiger partial charge on any atom is 0.274 e. The summed E-state index contributed by atoms with van der Waals surface area (Å²) >= 11 is 0. The van der Waals surface area contributed by atoms with Gasteiger partial charge in [-0.1, -0.05) is 37.1 Å².